The number of rotatable bonds is 4. The van der Waals surface area contributed by atoms with Gasteiger partial charge in [0.1, 0.15) is 11.6 Å². The minimum atomic E-state index is -0.387. The Balaban J connectivity index is 1.87. The second kappa shape index (κ2) is 6.96. The Morgan fingerprint density at radius 3 is 2.78 bits per heavy atom. The SMILES string of the molecule is CC1COCCN1C(=O)C(Cc1ccco1)c1ccc(F)cc1. The average Bonchev–Trinajstić information content (AvgIpc) is 3.07. The van der Waals surface area contributed by atoms with Crippen molar-refractivity contribution in [1.29, 1.82) is 0 Å². The summed E-state index contributed by atoms with van der Waals surface area (Å²) in [6, 6.07) is 9.82. The summed E-state index contributed by atoms with van der Waals surface area (Å²) >= 11 is 0. The van der Waals surface area contributed by atoms with Crippen LogP contribution in [0.3, 0.4) is 0 Å². The Labute approximate surface area is 134 Å². The molecule has 3 rings (SSSR count). The molecule has 0 spiro atoms. The van der Waals surface area contributed by atoms with E-state index in [9.17, 15) is 9.18 Å². The van der Waals surface area contributed by atoms with Crippen molar-refractivity contribution in [1.82, 2.24) is 4.90 Å². The summed E-state index contributed by atoms with van der Waals surface area (Å²) in [5.74, 6) is 0.0809. The number of carbonyl (C=O) groups is 1. The maximum Gasteiger partial charge on any atom is 0.230 e. The molecule has 0 bridgehead atoms. The minimum absolute atomic E-state index is 0.0313. The second-order valence-electron chi connectivity index (χ2n) is 5.84. The Bertz CT molecular complexity index is 639. The van der Waals surface area contributed by atoms with Gasteiger partial charge in [0.05, 0.1) is 31.4 Å². The van der Waals surface area contributed by atoms with Gasteiger partial charge in [-0.3, -0.25) is 4.79 Å². The maximum absolute atomic E-state index is 13.2. The highest BCUT2D eigenvalue weighted by molar-refractivity contribution is 5.84. The lowest BCUT2D eigenvalue weighted by atomic mass is 9.92. The molecular weight excluding hydrogens is 297 g/mol. The summed E-state index contributed by atoms with van der Waals surface area (Å²) in [4.78, 5) is 14.9. The molecule has 0 saturated carbocycles. The predicted octanol–water partition coefficient (Wildman–Crippen LogP) is 2.99. The van der Waals surface area contributed by atoms with Crippen molar-refractivity contribution in [3.8, 4) is 0 Å². The lowest BCUT2D eigenvalue weighted by Gasteiger charge is -2.35. The van der Waals surface area contributed by atoms with Crippen LogP contribution in [0.2, 0.25) is 0 Å². The molecule has 1 fully saturated rings. The summed E-state index contributed by atoms with van der Waals surface area (Å²) in [6.07, 6.45) is 2.06. The van der Waals surface area contributed by atoms with E-state index in [-0.39, 0.29) is 23.7 Å². The monoisotopic (exact) mass is 317 g/mol. The van der Waals surface area contributed by atoms with Gasteiger partial charge in [0.25, 0.3) is 0 Å². The minimum Gasteiger partial charge on any atom is -0.469 e. The first-order chi connectivity index (χ1) is 11.1. The zero-order valence-electron chi connectivity index (χ0n) is 13.1. The van der Waals surface area contributed by atoms with Crippen LogP contribution < -0.4 is 0 Å². The Morgan fingerprint density at radius 1 is 1.35 bits per heavy atom. The Hall–Kier alpha value is -2.14. The number of hydrogen-bond donors (Lipinski definition) is 0. The van der Waals surface area contributed by atoms with Crippen LogP contribution in [0.25, 0.3) is 0 Å². The van der Waals surface area contributed by atoms with Crippen molar-refractivity contribution >= 4 is 5.91 Å². The van der Waals surface area contributed by atoms with Crippen molar-refractivity contribution in [3.05, 3.63) is 59.8 Å². The molecular formula is C18H20FNO3. The van der Waals surface area contributed by atoms with Gasteiger partial charge in [-0.15, -0.1) is 0 Å². The number of ether oxygens (including phenoxy) is 1. The van der Waals surface area contributed by atoms with Crippen molar-refractivity contribution in [3.63, 3.8) is 0 Å². The summed E-state index contributed by atoms with van der Waals surface area (Å²) in [5.41, 5.74) is 0.798. The fourth-order valence-corrected chi connectivity index (χ4v) is 2.93. The summed E-state index contributed by atoms with van der Waals surface area (Å²) in [7, 11) is 0. The normalized spacial score (nSPS) is 19.6. The van der Waals surface area contributed by atoms with Gasteiger partial charge in [0, 0.05) is 13.0 Å². The van der Waals surface area contributed by atoms with E-state index in [1.807, 2.05) is 17.9 Å². The predicted molar refractivity (Wildman–Crippen MR) is 83.5 cm³/mol. The molecule has 23 heavy (non-hydrogen) atoms. The number of morpholine rings is 1. The van der Waals surface area contributed by atoms with E-state index in [1.54, 1.807) is 24.5 Å². The van der Waals surface area contributed by atoms with Crippen LogP contribution in [0.4, 0.5) is 4.39 Å². The zero-order valence-corrected chi connectivity index (χ0v) is 13.1. The molecule has 0 aliphatic carbocycles. The number of amides is 1. The summed E-state index contributed by atoms with van der Waals surface area (Å²) in [5, 5.41) is 0. The molecule has 0 radical (unpaired) electrons. The highest BCUT2D eigenvalue weighted by Crippen LogP contribution is 2.26. The quantitative estimate of drug-likeness (QED) is 0.870. The first kappa shape index (κ1) is 15.7. The van der Waals surface area contributed by atoms with Gasteiger partial charge in [0.15, 0.2) is 0 Å². The molecule has 2 aromatic rings. The third kappa shape index (κ3) is 3.62. The van der Waals surface area contributed by atoms with Crippen LogP contribution in [0.5, 0.6) is 0 Å². The first-order valence-corrected chi connectivity index (χ1v) is 7.81. The van der Waals surface area contributed by atoms with E-state index in [0.29, 0.717) is 26.2 Å². The molecule has 1 aliphatic rings. The van der Waals surface area contributed by atoms with Crippen LogP contribution in [0, 0.1) is 5.82 Å². The molecule has 4 nitrogen and oxygen atoms in total. The van der Waals surface area contributed by atoms with E-state index in [4.69, 9.17) is 9.15 Å². The molecule has 122 valence electrons. The van der Waals surface area contributed by atoms with E-state index >= 15 is 0 Å². The van der Waals surface area contributed by atoms with Crippen molar-refractivity contribution < 1.29 is 18.3 Å². The standard InChI is InChI=1S/C18H20FNO3/c1-13-12-22-10-8-20(13)18(21)17(11-16-3-2-9-23-16)14-4-6-15(19)7-5-14/h2-7,9,13,17H,8,10-12H2,1H3. The molecule has 1 aliphatic heterocycles. The summed E-state index contributed by atoms with van der Waals surface area (Å²) in [6.45, 7) is 3.65. The Kier molecular flexibility index (Phi) is 4.76. The number of hydrogen-bond acceptors (Lipinski definition) is 3. The lowest BCUT2D eigenvalue weighted by molar-refractivity contribution is -0.140. The van der Waals surface area contributed by atoms with E-state index in [0.717, 1.165) is 11.3 Å². The number of nitrogens with zero attached hydrogens (tertiary/aromatic N) is 1. The van der Waals surface area contributed by atoms with Crippen LogP contribution in [0.15, 0.2) is 47.1 Å². The smallest absolute Gasteiger partial charge is 0.230 e. The van der Waals surface area contributed by atoms with E-state index in [2.05, 4.69) is 0 Å². The highest BCUT2D eigenvalue weighted by atomic mass is 19.1. The second-order valence-corrected chi connectivity index (χ2v) is 5.84. The fourth-order valence-electron chi connectivity index (χ4n) is 2.93. The van der Waals surface area contributed by atoms with Crippen LogP contribution >= 0.6 is 0 Å². The molecule has 2 heterocycles. The topological polar surface area (TPSA) is 42.7 Å². The van der Waals surface area contributed by atoms with Gasteiger partial charge >= 0.3 is 0 Å². The molecule has 1 saturated heterocycles. The van der Waals surface area contributed by atoms with Gasteiger partial charge in [0.2, 0.25) is 5.91 Å². The number of benzene rings is 1. The van der Waals surface area contributed by atoms with Gasteiger partial charge in [-0.1, -0.05) is 12.1 Å². The van der Waals surface area contributed by atoms with Crippen LogP contribution in [0.1, 0.15) is 24.2 Å². The lowest BCUT2D eigenvalue weighted by Crippen LogP contribution is -2.49. The van der Waals surface area contributed by atoms with Crippen molar-refractivity contribution in [2.75, 3.05) is 19.8 Å². The first-order valence-electron chi connectivity index (χ1n) is 7.81. The third-order valence-corrected chi connectivity index (χ3v) is 4.21. The van der Waals surface area contributed by atoms with Crippen molar-refractivity contribution in [2.24, 2.45) is 0 Å². The third-order valence-electron chi connectivity index (χ3n) is 4.21. The molecule has 2 atom stereocenters. The van der Waals surface area contributed by atoms with E-state index in [1.165, 1.54) is 12.1 Å². The van der Waals surface area contributed by atoms with Crippen molar-refractivity contribution in [2.45, 2.75) is 25.3 Å². The van der Waals surface area contributed by atoms with Crippen LogP contribution in [-0.2, 0) is 16.0 Å². The molecule has 2 unspecified atom stereocenters. The highest BCUT2D eigenvalue weighted by Gasteiger charge is 2.31. The molecule has 5 heteroatoms. The van der Waals surface area contributed by atoms with Gasteiger partial charge in [-0.2, -0.15) is 0 Å². The summed E-state index contributed by atoms with van der Waals surface area (Å²) < 4.78 is 24.0. The van der Waals surface area contributed by atoms with Crippen LogP contribution in [-0.4, -0.2) is 36.6 Å². The van der Waals surface area contributed by atoms with Gasteiger partial charge < -0.3 is 14.1 Å². The molecule has 0 N–H and O–H groups in total. The molecule has 1 aromatic heterocycles. The number of furan rings is 1. The van der Waals surface area contributed by atoms with E-state index < -0.39 is 0 Å². The number of carbonyl (C=O) groups excluding carboxylic acids is 1. The average molecular weight is 317 g/mol. The fraction of sp³-hybridized carbons (Fsp3) is 0.389. The largest absolute Gasteiger partial charge is 0.469 e. The molecule has 1 amide bonds. The number of halogens is 1. The van der Waals surface area contributed by atoms with Gasteiger partial charge in [-0.05, 0) is 36.8 Å². The zero-order chi connectivity index (χ0) is 16.2. The maximum atomic E-state index is 13.2. The Morgan fingerprint density at radius 2 is 2.13 bits per heavy atom. The molecule has 1 aromatic carbocycles. The van der Waals surface area contributed by atoms with Gasteiger partial charge in [-0.25, -0.2) is 4.39 Å².